The third kappa shape index (κ3) is 2.76. The summed E-state index contributed by atoms with van der Waals surface area (Å²) in [4.78, 5) is 0. The van der Waals surface area contributed by atoms with E-state index in [0.29, 0.717) is 0 Å². The van der Waals surface area contributed by atoms with E-state index in [9.17, 15) is 0 Å². The van der Waals surface area contributed by atoms with Crippen LogP contribution < -0.4 is 0 Å². The van der Waals surface area contributed by atoms with E-state index in [1.165, 1.54) is 69.6 Å². The predicted molar refractivity (Wildman–Crippen MR) is 157 cm³/mol. The van der Waals surface area contributed by atoms with Gasteiger partial charge in [-0.1, -0.05) is 103 Å². The third-order valence-corrected chi connectivity index (χ3v) is 8.62. The SMILES string of the molecule is c1ccc2c(-n3c4ccccc4c4ccc(-c5cccc6c5sc5ccccc56)cc43)cccc2c1. The smallest absolute Gasteiger partial charge is 0.0547 e. The van der Waals surface area contributed by atoms with Crippen LogP contribution >= 0.6 is 11.3 Å². The topological polar surface area (TPSA) is 4.93 Å². The molecular weight excluding hydrogens is 454 g/mol. The highest BCUT2D eigenvalue weighted by molar-refractivity contribution is 7.26. The van der Waals surface area contributed by atoms with Gasteiger partial charge in [-0.05, 0) is 40.8 Å². The summed E-state index contributed by atoms with van der Waals surface area (Å²) in [6.45, 7) is 0. The highest BCUT2D eigenvalue weighted by Crippen LogP contribution is 2.42. The number of hydrogen-bond acceptors (Lipinski definition) is 1. The van der Waals surface area contributed by atoms with Gasteiger partial charge in [-0.2, -0.15) is 0 Å². The lowest BCUT2D eigenvalue weighted by Crippen LogP contribution is -1.95. The molecule has 2 aromatic heterocycles. The van der Waals surface area contributed by atoms with E-state index in [1.54, 1.807) is 0 Å². The zero-order valence-electron chi connectivity index (χ0n) is 19.5. The van der Waals surface area contributed by atoms with Crippen molar-refractivity contribution < 1.29 is 0 Å². The molecule has 0 aliphatic heterocycles. The highest BCUT2D eigenvalue weighted by atomic mass is 32.1. The average molecular weight is 476 g/mol. The zero-order valence-corrected chi connectivity index (χ0v) is 20.3. The fourth-order valence-corrected chi connectivity index (χ4v) is 7.01. The summed E-state index contributed by atoms with van der Waals surface area (Å²) in [5, 5.41) is 7.76. The molecule has 8 rings (SSSR count). The minimum Gasteiger partial charge on any atom is -0.309 e. The van der Waals surface area contributed by atoms with E-state index < -0.39 is 0 Å². The second kappa shape index (κ2) is 7.55. The van der Waals surface area contributed by atoms with E-state index in [0.717, 1.165) is 0 Å². The van der Waals surface area contributed by atoms with Crippen LogP contribution in [0.2, 0.25) is 0 Å². The van der Waals surface area contributed by atoms with Crippen molar-refractivity contribution in [3.63, 3.8) is 0 Å². The lowest BCUT2D eigenvalue weighted by Gasteiger charge is -2.12. The number of aromatic nitrogens is 1. The van der Waals surface area contributed by atoms with Crippen LogP contribution in [-0.2, 0) is 0 Å². The zero-order chi connectivity index (χ0) is 23.6. The first-order chi connectivity index (χ1) is 17.9. The lowest BCUT2D eigenvalue weighted by atomic mass is 10.0. The van der Waals surface area contributed by atoms with E-state index >= 15 is 0 Å². The fourth-order valence-electron chi connectivity index (χ4n) is 5.78. The van der Waals surface area contributed by atoms with Crippen LogP contribution in [0.4, 0.5) is 0 Å². The van der Waals surface area contributed by atoms with E-state index in [4.69, 9.17) is 0 Å². The molecule has 0 bridgehead atoms. The van der Waals surface area contributed by atoms with Crippen LogP contribution in [0.15, 0.2) is 127 Å². The van der Waals surface area contributed by atoms with Crippen LogP contribution in [0.5, 0.6) is 0 Å². The van der Waals surface area contributed by atoms with Gasteiger partial charge in [0.05, 0.1) is 16.7 Å². The van der Waals surface area contributed by atoms with Gasteiger partial charge < -0.3 is 4.57 Å². The molecule has 0 amide bonds. The molecule has 2 heteroatoms. The molecule has 168 valence electrons. The first-order valence-corrected chi connectivity index (χ1v) is 13.1. The molecule has 0 spiro atoms. The van der Waals surface area contributed by atoms with Crippen molar-refractivity contribution in [1.29, 1.82) is 0 Å². The van der Waals surface area contributed by atoms with Crippen LogP contribution in [-0.4, -0.2) is 4.57 Å². The third-order valence-electron chi connectivity index (χ3n) is 7.40. The number of fused-ring (bicyclic) bond motifs is 7. The Balaban J connectivity index is 1.47. The maximum absolute atomic E-state index is 2.45. The van der Waals surface area contributed by atoms with Crippen LogP contribution in [0.25, 0.3) is 69.6 Å². The van der Waals surface area contributed by atoms with Crippen molar-refractivity contribution in [2.24, 2.45) is 0 Å². The summed E-state index contributed by atoms with van der Waals surface area (Å²) in [5.41, 5.74) is 6.25. The maximum Gasteiger partial charge on any atom is 0.0547 e. The minimum absolute atomic E-state index is 1.22. The summed E-state index contributed by atoms with van der Waals surface area (Å²) in [5.74, 6) is 0. The molecular formula is C34H21NS. The number of hydrogen-bond donors (Lipinski definition) is 0. The van der Waals surface area contributed by atoms with Crippen LogP contribution in [0.1, 0.15) is 0 Å². The molecule has 2 heterocycles. The van der Waals surface area contributed by atoms with Crippen molar-refractivity contribution in [3.05, 3.63) is 127 Å². The number of rotatable bonds is 2. The van der Waals surface area contributed by atoms with Gasteiger partial charge in [-0.25, -0.2) is 0 Å². The standard InChI is InChI=1S/C34H21NS/c1-2-11-24-22(9-1)10-7-17-30(24)35-31-16-5-3-12-26(31)27-20-19-23(21-32(27)35)25-14-8-15-29-28-13-4-6-18-33(28)36-34(25)29/h1-21H. The molecule has 0 unspecified atom stereocenters. The molecule has 0 aliphatic carbocycles. The molecule has 0 saturated heterocycles. The largest absolute Gasteiger partial charge is 0.309 e. The Morgan fingerprint density at radius 2 is 1.17 bits per heavy atom. The van der Waals surface area contributed by atoms with Gasteiger partial charge >= 0.3 is 0 Å². The van der Waals surface area contributed by atoms with E-state index in [1.807, 2.05) is 11.3 Å². The monoisotopic (exact) mass is 475 g/mol. The van der Waals surface area contributed by atoms with Crippen molar-refractivity contribution in [3.8, 4) is 16.8 Å². The number of benzene rings is 6. The molecule has 0 saturated carbocycles. The molecule has 0 N–H and O–H groups in total. The van der Waals surface area contributed by atoms with Crippen molar-refractivity contribution >= 4 is 64.1 Å². The number of thiophene rings is 1. The van der Waals surface area contributed by atoms with Gasteiger partial charge in [0.15, 0.2) is 0 Å². The first-order valence-electron chi connectivity index (χ1n) is 12.3. The van der Waals surface area contributed by atoms with Crippen LogP contribution in [0.3, 0.4) is 0 Å². The summed E-state index contributed by atoms with van der Waals surface area (Å²) >= 11 is 1.89. The molecule has 0 radical (unpaired) electrons. The molecule has 0 atom stereocenters. The summed E-state index contributed by atoms with van der Waals surface area (Å²) in [7, 11) is 0. The number of nitrogens with zero attached hydrogens (tertiary/aromatic N) is 1. The first kappa shape index (κ1) is 19.9. The van der Waals surface area contributed by atoms with Gasteiger partial charge in [-0.15, -0.1) is 11.3 Å². The molecule has 0 fully saturated rings. The summed E-state index contributed by atoms with van der Waals surface area (Å²) in [6.07, 6.45) is 0. The summed E-state index contributed by atoms with van der Waals surface area (Å²) < 4.78 is 5.14. The second-order valence-corrected chi connectivity index (χ2v) is 10.4. The Bertz CT molecular complexity index is 2100. The normalized spacial score (nSPS) is 11.9. The number of para-hydroxylation sites is 1. The van der Waals surface area contributed by atoms with Crippen molar-refractivity contribution in [1.82, 2.24) is 4.57 Å². The Hall–Kier alpha value is -4.40. The predicted octanol–water partition coefficient (Wildman–Crippen LogP) is 9.97. The molecule has 6 aromatic carbocycles. The Kier molecular flexibility index (Phi) is 4.16. The maximum atomic E-state index is 2.45. The lowest BCUT2D eigenvalue weighted by molar-refractivity contribution is 1.20. The minimum atomic E-state index is 1.22. The Morgan fingerprint density at radius 1 is 0.472 bits per heavy atom. The summed E-state index contributed by atoms with van der Waals surface area (Å²) in [6, 6.07) is 46.5. The quantitative estimate of drug-likeness (QED) is 0.234. The van der Waals surface area contributed by atoms with Crippen molar-refractivity contribution in [2.45, 2.75) is 0 Å². The Labute approximate surface area is 212 Å². The van der Waals surface area contributed by atoms with Crippen LogP contribution in [0, 0.1) is 0 Å². The van der Waals surface area contributed by atoms with E-state index in [2.05, 4.69) is 132 Å². The molecule has 8 aromatic rings. The highest BCUT2D eigenvalue weighted by Gasteiger charge is 2.16. The second-order valence-electron chi connectivity index (χ2n) is 9.36. The van der Waals surface area contributed by atoms with E-state index in [-0.39, 0.29) is 0 Å². The van der Waals surface area contributed by atoms with Gasteiger partial charge in [0, 0.05) is 36.3 Å². The molecule has 36 heavy (non-hydrogen) atoms. The molecule has 1 nitrogen and oxygen atoms in total. The Morgan fingerprint density at radius 3 is 2.11 bits per heavy atom. The average Bonchev–Trinajstić information content (AvgIpc) is 3.48. The van der Waals surface area contributed by atoms with Gasteiger partial charge in [0.1, 0.15) is 0 Å². The molecule has 0 aliphatic rings. The van der Waals surface area contributed by atoms with Gasteiger partial charge in [0.25, 0.3) is 0 Å². The van der Waals surface area contributed by atoms with Gasteiger partial charge in [0.2, 0.25) is 0 Å². The fraction of sp³-hybridized carbons (Fsp3) is 0. The van der Waals surface area contributed by atoms with Gasteiger partial charge in [-0.3, -0.25) is 0 Å². The van der Waals surface area contributed by atoms with Crippen molar-refractivity contribution in [2.75, 3.05) is 0 Å².